The number of aliphatic hydroxyl groups is 1. The summed E-state index contributed by atoms with van der Waals surface area (Å²) in [5.41, 5.74) is 1.75. The van der Waals surface area contributed by atoms with E-state index in [1.54, 1.807) is 0 Å². The smallest absolute Gasteiger partial charge is 0.0844 e. The zero-order valence-corrected chi connectivity index (χ0v) is 13.9. The number of halogens is 1. The van der Waals surface area contributed by atoms with Crippen molar-refractivity contribution in [3.05, 3.63) is 16.4 Å². The fraction of sp³-hybridized carbons (Fsp3) is 0.800. The summed E-state index contributed by atoms with van der Waals surface area (Å²) in [7, 11) is 0. The van der Waals surface area contributed by atoms with Gasteiger partial charge < -0.3 is 10.4 Å². The number of aromatic nitrogens is 2. The lowest BCUT2D eigenvalue weighted by molar-refractivity contribution is 0.142. The maximum Gasteiger partial charge on any atom is 0.0844 e. The molecule has 20 heavy (non-hydrogen) atoms. The Labute approximate surface area is 127 Å². The van der Waals surface area contributed by atoms with E-state index >= 15 is 0 Å². The molecule has 116 valence electrons. The zero-order chi connectivity index (χ0) is 15.2. The van der Waals surface area contributed by atoms with Gasteiger partial charge in [-0.15, -0.1) is 0 Å². The molecule has 1 aromatic rings. The van der Waals surface area contributed by atoms with Crippen molar-refractivity contribution in [1.82, 2.24) is 15.1 Å². The number of rotatable bonds is 9. The van der Waals surface area contributed by atoms with Crippen molar-refractivity contribution in [3.63, 3.8) is 0 Å². The number of hydrogen-bond donors (Lipinski definition) is 2. The third kappa shape index (κ3) is 4.21. The number of nitrogens with one attached hydrogen (secondary N) is 1. The Balaban J connectivity index is 2.57. The molecule has 4 nitrogen and oxygen atoms in total. The highest BCUT2D eigenvalue weighted by Crippen LogP contribution is 2.21. The summed E-state index contributed by atoms with van der Waals surface area (Å²) in [5, 5.41) is 18.4. The van der Waals surface area contributed by atoms with E-state index < -0.39 is 0 Å². The second kappa shape index (κ2) is 8.01. The Morgan fingerprint density at radius 1 is 1.35 bits per heavy atom. The molecule has 1 rings (SSSR count). The van der Waals surface area contributed by atoms with Gasteiger partial charge in [0.25, 0.3) is 0 Å². The molecular formula is C15H28ClN3O. The van der Waals surface area contributed by atoms with E-state index in [-0.39, 0.29) is 12.1 Å². The van der Waals surface area contributed by atoms with Crippen LogP contribution in [0.4, 0.5) is 0 Å². The molecule has 0 saturated heterocycles. The van der Waals surface area contributed by atoms with Gasteiger partial charge >= 0.3 is 0 Å². The third-order valence-corrected chi connectivity index (χ3v) is 4.59. The van der Waals surface area contributed by atoms with Crippen LogP contribution in [0.3, 0.4) is 0 Å². The second-order valence-electron chi connectivity index (χ2n) is 5.53. The first-order valence-corrected chi connectivity index (χ1v) is 7.93. The predicted octanol–water partition coefficient (Wildman–Crippen LogP) is 3.07. The molecule has 0 saturated carbocycles. The van der Waals surface area contributed by atoms with E-state index in [0.717, 1.165) is 55.2 Å². The fourth-order valence-electron chi connectivity index (χ4n) is 2.49. The monoisotopic (exact) mass is 301 g/mol. The molecule has 1 heterocycles. The van der Waals surface area contributed by atoms with E-state index in [4.69, 9.17) is 11.6 Å². The minimum absolute atomic E-state index is 0.157. The molecule has 0 aliphatic rings. The molecule has 0 fully saturated rings. The molecule has 2 N–H and O–H groups in total. The predicted molar refractivity (Wildman–Crippen MR) is 84.3 cm³/mol. The number of hydrogen-bond acceptors (Lipinski definition) is 3. The van der Waals surface area contributed by atoms with Gasteiger partial charge in [-0.25, -0.2) is 0 Å². The van der Waals surface area contributed by atoms with Crippen molar-refractivity contribution in [3.8, 4) is 0 Å². The van der Waals surface area contributed by atoms with Crippen LogP contribution in [0.2, 0.25) is 5.02 Å². The molecule has 0 bridgehead atoms. The molecule has 0 amide bonds. The summed E-state index contributed by atoms with van der Waals surface area (Å²) >= 11 is 6.15. The van der Waals surface area contributed by atoms with Gasteiger partial charge in [-0.05, 0) is 46.1 Å². The molecule has 0 spiro atoms. The van der Waals surface area contributed by atoms with E-state index in [1.807, 2.05) is 18.5 Å². The van der Waals surface area contributed by atoms with Gasteiger partial charge in [0, 0.05) is 12.1 Å². The molecular weight excluding hydrogens is 274 g/mol. The molecule has 1 unspecified atom stereocenters. The standard InChI is InChI=1S/C15H28ClN3O/c1-5-9-17-15(6-2,11-20)8-7-10-19-13(4)14(16)12(3)18-19/h17,20H,5-11H2,1-4H3. The summed E-state index contributed by atoms with van der Waals surface area (Å²) in [6, 6.07) is 0. The topological polar surface area (TPSA) is 50.1 Å². The summed E-state index contributed by atoms with van der Waals surface area (Å²) in [4.78, 5) is 0. The van der Waals surface area contributed by atoms with Crippen molar-refractivity contribution < 1.29 is 5.11 Å². The lowest BCUT2D eigenvalue weighted by Gasteiger charge is -2.32. The van der Waals surface area contributed by atoms with Gasteiger partial charge in [0.05, 0.1) is 23.0 Å². The fourth-order valence-corrected chi connectivity index (χ4v) is 2.62. The number of aliphatic hydroxyl groups excluding tert-OH is 1. The van der Waals surface area contributed by atoms with Crippen LogP contribution in [0.25, 0.3) is 0 Å². The van der Waals surface area contributed by atoms with E-state index in [9.17, 15) is 5.11 Å². The average molecular weight is 302 g/mol. The van der Waals surface area contributed by atoms with Crippen LogP contribution in [-0.2, 0) is 6.54 Å². The average Bonchev–Trinajstić information content (AvgIpc) is 2.70. The molecule has 0 aliphatic carbocycles. The molecule has 1 aromatic heterocycles. The Morgan fingerprint density at radius 3 is 2.50 bits per heavy atom. The Bertz CT molecular complexity index is 413. The zero-order valence-electron chi connectivity index (χ0n) is 13.2. The van der Waals surface area contributed by atoms with Gasteiger partial charge in [0.15, 0.2) is 0 Å². The summed E-state index contributed by atoms with van der Waals surface area (Å²) in [5.74, 6) is 0. The first-order chi connectivity index (χ1) is 9.49. The van der Waals surface area contributed by atoms with Crippen molar-refractivity contribution in [1.29, 1.82) is 0 Å². The van der Waals surface area contributed by atoms with Crippen LogP contribution >= 0.6 is 11.6 Å². The highest BCUT2D eigenvalue weighted by atomic mass is 35.5. The molecule has 0 radical (unpaired) electrons. The lowest BCUT2D eigenvalue weighted by Crippen LogP contribution is -2.48. The maximum absolute atomic E-state index is 9.70. The van der Waals surface area contributed by atoms with Crippen molar-refractivity contribution >= 4 is 11.6 Å². The first-order valence-electron chi connectivity index (χ1n) is 7.55. The highest BCUT2D eigenvalue weighted by Gasteiger charge is 2.25. The van der Waals surface area contributed by atoms with E-state index in [0.29, 0.717) is 0 Å². The minimum Gasteiger partial charge on any atom is -0.394 e. The van der Waals surface area contributed by atoms with Gasteiger partial charge in [0.1, 0.15) is 0 Å². The van der Waals surface area contributed by atoms with Gasteiger partial charge in [-0.2, -0.15) is 5.10 Å². The SMILES string of the molecule is CCCNC(CC)(CO)CCCn1nc(C)c(Cl)c1C. The van der Waals surface area contributed by atoms with Crippen LogP contribution < -0.4 is 5.32 Å². The third-order valence-electron chi connectivity index (χ3n) is 4.05. The van der Waals surface area contributed by atoms with Crippen molar-refractivity contribution in [2.24, 2.45) is 0 Å². The van der Waals surface area contributed by atoms with Gasteiger partial charge in [0.2, 0.25) is 0 Å². The van der Waals surface area contributed by atoms with Crippen LogP contribution in [0.15, 0.2) is 0 Å². The van der Waals surface area contributed by atoms with Gasteiger partial charge in [-0.3, -0.25) is 4.68 Å². The summed E-state index contributed by atoms with van der Waals surface area (Å²) in [6.45, 7) is 10.2. The molecule has 5 heteroatoms. The first kappa shape index (κ1) is 17.5. The van der Waals surface area contributed by atoms with Crippen LogP contribution in [-0.4, -0.2) is 33.6 Å². The second-order valence-corrected chi connectivity index (χ2v) is 5.91. The molecule has 0 aromatic carbocycles. The van der Waals surface area contributed by atoms with Crippen LogP contribution in [0.1, 0.15) is 50.9 Å². The van der Waals surface area contributed by atoms with Crippen LogP contribution in [0.5, 0.6) is 0 Å². The Hall–Kier alpha value is -0.580. The lowest BCUT2D eigenvalue weighted by atomic mass is 9.91. The normalized spacial score (nSPS) is 14.5. The summed E-state index contributed by atoms with van der Waals surface area (Å²) < 4.78 is 1.97. The Kier molecular flexibility index (Phi) is 7.00. The van der Waals surface area contributed by atoms with E-state index in [1.165, 1.54) is 0 Å². The van der Waals surface area contributed by atoms with E-state index in [2.05, 4.69) is 24.3 Å². The molecule has 1 atom stereocenters. The number of aryl methyl sites for hydroxylation is 2. The van der Waals surface area contributed by atoms with Crippen molar-refractivity contribution in [2.45, 2.75) is 65.5 Å². The minimum atomic E-state index is -0.157. The summed E-state index contributed by atoms with van der Waals surface area (Å²) in [6.07, 6.45) is 3.93. The van der Waals surface area contributed by atoms with Gasteiger partial charge in [-0.1, -0.05) is 25.4 Å². The number of nitrogens with zero attached hydrogens (tertiary/aromatic N) is 2. The highest BCUT2D eigenvalue weighted by molar-refractivity contribution is 6.31. The van der Waals surface area contributed by atoms with Crippen molar-refractivity contribution in [2.75, 3.05) is 13.2 Å². The Morgan fingerprint density at radius 2 is 2.05 bits per heavy atom. The van der Waals surface area contributed by atoms with Crippen LogP contribution in [0, 0.1) is 13.8 Å². The molecule has 0 aliphatic heterocycles. The largest absolute Gasteiger partial charge is 0.394 e. The maximum atomic E-state index is 9.70. The quantitative estimate of drug-likeness (QED) is 0.737.